The molecular formula is C10H8ClF3O. The normalized spacial score (nSPS) is 12.3. The molecule has 0 spiro atoms. The summed E-state index contributed by atoms with van der Waals surface area (Å²) in [4.78, 5) is 0. The first kappa shape index (κ1) is 12.1. The van der Waals surface area contributed by atoms with E-state index in [2.05, 4.69) is 0 Å². The summed E-state index contributed by atoms with van der Waals surface area (Å²) in [6, 6.07) is 3.57. The SMILES string of the molecule is OCC=Cc1ccc(Cl)c(C(F)(F)F)c1. The predicted octanol–water partition coefficient (Wildman–Crippen LogP) is 3.36. The van der Waals surface area contributed by atoms with E-state index in [0.29, 0.717) is 5.56 Å². The van der Waals surface area contributed by atoms with Crippen LogP contribution in [-0.4, -0.2) is 11.7 Å². The van der Waals surface area contributed by atoms with E-state index in [-0.39, 0.29) is 11.6 Å². The van der Waals surface area contributed by atoms with Gasteiger partial charge in [-0.25, -0.2) is 0 Å². The molecule has 1 aromatic rings. The zero-order valence-electron chi connectivity index (χ0n) is 7.55. The van der Waals surface area contributed by atoms with Crippen LogP contribution in [0.5, 0.6) is 0 Å². The Labute approximate surface area is 89.8 Å². The molecule has 1 nitrogen and oxygen atoms in total. The molecular weight excluding hydrogens is 229 g/mol. The molecule has 0 amide bonds. The van der Waals surface area contributed by atoms with Crippen LogP contribution in [0.4, 0.5) is 13.2 Å². The summed E-state index contributed by atoms with van der Waals surface area (Å²) in [5.74, 6) is 0. The van der Waals surface area contributed by atoms with Crippen molar-refractivity contribution in [1.29, 1.82) is 0 Å². The first-order chi connectivity index (χ1) is 6.95. The second-order valence-electron chi connectivity index (χ2n) is 2.82. The second-order valence-corrected chi connectivity index (χ2v) is 3.23. The zero-order valence-corrected chi connectivity index (χ0v) is 8.31. The predicted molar refractivity (Wildman–Crippen MR) is 52.6 cm³/mol. The van der Waals surface area contributed by atoms with E-state index in [1.807, 2.05) is 0 Å². The van der Waals surface area contributed by atoms with Crippen molar-refractivity contribution in [2.45, 2.75) is 6.18 Å². The zero-order chi connectivity index (χ0) is 11.5. The van der Waals surface area contributed by atoms with Crippen LogP contribution in [0.1, 0.15) is 11.1 Å². The number of benzene rings is 1. The summed E-state index contributed by atoms with van der Waals surface area (Å²) in [6.07, 6.45) is -1.71. The van der Waals surface area contributed by atoms with Crippen LogP contribution in [-0.2, 0) is 6.18 Å². The average molecular weight is 237 g/mol. The summed E-state index contributed by atoms with van der Waals surface area (Å²) < 4.78 is 37.2. The molecule has 0 saturated heterocycles. The number of hydrogen-bond acceptors (Lipinski definition) is 1. The molecule has 0 unspecified atom stereocenters. The summed E-state index contributed by atoms with van der Waals surface area (Å²) in [5, 5.41) is 8.15. The number of halogens is 4. The van der Waals surface area contributed by atoms with Crippen LogP contribution >= 0.6 is 11.6 Å². The van der Waals surface area contributed by atoms with Crippen LogP contribution in [0, 0.1) is 0 Å². The largest absolute Gasteiger partial charge is 0.417 e. The fourth-order valence-electron chi connectivity index (χ4n) is 1.05. The summed E-state index contributed by atoms with van der Waals surface area (Å²) in [6.45, 7) is -0.218. The van der Waals surface area contributed by atoms with Crippen molar-refractivity contribution in [2.75, 3.05) is 6.61 Å². The van der Waals surface area contributed by atoms with Crippen molar-refractivity contribution in [2.24, 2.45) is 0 Å². The monoisotopic (exact) mass is 236 g/mol. The Morgan fingerprint density at radius 2 is 2.00 bits per heavy atom. The molecule has 0 aliphatic rings. The van der Waals surface area contributed by atoms with E-state index in [4.69, 9.17) is 16.7 Å². The number of aliphatic hydroxyl groups excluding tert-OH is 1. The maximum atomic E-state index is 12.4. The molecule has 0 fully saturated rings. The van der Waals surface area contributed by atoms with Gasteiger partial charge in [0.25, 0.3) is 0 Å². The van der Waals surface area contributed by atoms with Crippen LogP contribution in [0.25, 0.3) is 6.08 Å². The minimum Gasteiger partial charge on any atom is -0.392 e. The summed E-state index contributed by atoms with van der Waals surface area (Å²) in [5.41, 5.74) is -0.523. The van der Waals surface area contributed by atoms with Crippen molar-refractivity contribution in [1.82, 2.24) is 0 Å². The molecule has 0 heterocycles. The van der Waals surface area contributed by atoms with E-state index in [0.717, 1.165) is 6.07 Å². The van der Waals surface area contributed by atoms with E-state index >= 15 is 0 Å². The Morgan fingerprint density at radius 1 is 1.33 bits per heavy atom. The van der Waals surface area contributed by atoms with Gasteiger partial charge in [0, 0.05) is 0 Å². The highest BCUT2D eigenvalue weighted by atomic mass is 35.5. The Kier molecular flexibility index (Phi) is 3.77. The smallest absolute Gasteiger partial charge is 0.392 e. The molecule has 0 saturated carbocycles. The lowest BCUT2D eigenvalue weighted by atomic mass is 10.1. The van der Waals surface area contributed by atoms with Crippen molar-refractivity contribution in [3.05, 3.63) is 40.4 Å². The van der Waals surface area contributed by atoms with E-state index < -0.39 is 11.7 Å². The lowest BCUT2D eigenvalue weighted by molar-refractivity contribution is -0.137. The molecule has 5 heteroatoms. The maximum Gasteiger partial charge on any atom is 0.417 e. The molecule has 0 aromatic heterocycles. The van der Waals surface area contributed by atoms with Gasteiger partial charge in [0.2, 0.25) is 0 Å². The third-order valence-corrected chi connectivity index (χ3v) is 2.04. The maximum absolute atomic E-state index is 12.4. The highest BCUT2D eigenvalue weighted by Gasteiger charge is 2.33. The van der Waals surface area contributed by atoms with Gasteiger partial charge in [-0.1, -0.05) is 29.8 Å². The molecule has 0 radical (unpaired) electrons. The second kappa shape index (κ2) is 4.68. The minimum absolute atomic E-state index is 0.218. The number of aliphatic hydroxyl groups is 1. The lowest BCUT2D eigenvalue weighted by Crippen LogP contribution is -2.05. The van der Waals surface area contributed by atoms with E-state index in [9.17, 15) is 13.2 Å². The Hall–Kier alpha value is -1.00. The van der Waals surface area contributed by atoms with Gasteiger partial charge in [0.15, 0.2) is 0 Å². The molecule has 0 bridgehead atoms. The molecule has 0 aliphatic heterocycles. The fourth-order valence-corrected chi connectivity index (χ4v) is 1.28. The fraction of sp³-hybridized carbons (Fsp3) is 0.200. The first-order valence-electron chi connectivity index (χ1n) is 4.09. The number of alkyl halides is 3. The van der Waals surface area contributed by atoms with Crippen molar-refractivity contribution >= 4 is 17.7 Å². The van der Waals surface area contributed by atoms with E-state index in [1.54, 1.807) is 0 Å². The molecule has 1 aromatic carbocycles. The number of hydrogen-bond donors (Lipinski definition) is 1. The molecule has 0 atom stereocenters. The van der Waals surface area contributed by atoms with Gasteiger partial charge < -0.3 is 5.11 Å². The molecule has 82 valence electrons. The first-order valence-corrected chi connectivity index (χ1v) is 4.47. The summed E-state index contributed by atoms with van der Waals surface area (Å²) in [7, 11) is 0. The quantitative estimate of drug-likeness (QED) is 0.835. The van der Waals surface area contributed by atoms with Crippen LogP contribution in [0.15, 0.2) is 24.3 Å². The Balaban J connectivity index is 3.11. The molecule has 15 heavy (non-hydrogen) atoms. The number of rotatable bonds is 2. The Morgan fingerprint density at radius 3 is 2.53 bits per heavy atom. The van der Waals surface area contributed by atoms with E-state index in [1.165, 1.54) is 24.3 Å². The molecule has 1 N–H and O–H groups in total. The van der Waals surface area contributed by atoms with Crippen molar-refractivity contribution in [3.63, 3.8) is 0 Å². The third kappa shape index (κ3) is 3.25. The van der Waals surface area contributed by atoms with Gasteiger partial charge in [-0.3, -0.25) is 0 Å². The van der Waals surface area contributed by atoms with Crippen molar-refractivity contribution < 1.29 is 18.3 Å². The van der Waals surface area contributed by atoms with Crippen LogP contribution < -0.4 is 0 Å². The minimum atomic E-state index is -4.46. The average Bonchev–Trinajstić information content (AvgIpc) is 2.15. The topological polar surface area (TPSA) is 20.2 Å². The third-order valence-electron chi connectivity index (χ3n) is 1.71. The summed E-state index contributed by atoms with van der Waals surface area (Å²) >= 11 is 5.42. The van der Waals surface area contributed by atoms with Gasteiger partial charge in [0.05, 0.1) is 17.2 Å². The highest BCUT2D eigenvalue weighted by Crippen LogP contribution is 2.35. The highest BCUT2D eigenvalue weighted by molar-refractivity contribution is 6.31. The van der Waals surface area contributed by atoms with Gasteiger partial charge in [-0.15, -0.1) is 0 Å². The van der Waals surface area contributed by atoms with Crippen LogP contribution in [0.2, 0.25) is 5.02 Å². The van der Waals surface area contributed by atoms with Gasteiger partial charge in [-0.2, -0.15) is 13.2 Å². The molecule has 0 aliphatic carbocycles. The van der Waals surface area contributed by atoms with Crippen molar-refractivity contribution in [3.8, 4) is 0 Å². The molecule has 1 rings (SSSR count). The van der Waals surface area contributed by atoms with Crippen LogP contribution in [0.3, 0.4) is 0 Å². The standard InChI is InChI=1S/C10H8ClF3O/c11-9-4-3-7(2-1-5-15)6-8(9)10(12,13)14/h1-4,6,15H,5H2. The lowest BCUT2D eigenvalue weighted by Gasteiger charge is -2.09. The van der Waals surface area contributed by atoms with Gasteiger partial charge in [0.1, 0.15) is 0 Å². The van der Waals surface area contributed by atoms with Gasteiger partial charge in [-0.05, 0) is 17.7 Å². The Bertz CT molecular complexity index is 371. The van der Waals surface area contributed by atoms with Gasteiger partial charge >= 0.3 is 6.18 Å².